The van der Waals surface area contributed by atoms with Gasteiger partial charge < -0.3 is 25.4 Å². The number of aromatic nitrogens is 3. The quantitative estimate of drug-likeness (QED) is 0.605. The highest BCUT2D eigenvalue weighted by atomic mass is 16.2. The van der Waals surface area contributed by atoms with Crippen molar-refractivity contribution in [2.75, 3.05) is 43.9 Å². The Kier molecular flexibility index (Phi) is 5.00. The summed E-state index contributed by atoms with van der Waals surface area (Å²) in [4.78, 5) is 29.3. The average molecular weight is 406 g/mol. The van der Waals surface area contributed by atoms with Gasteiger partial charge in [-0.25, -0.2) is 0 Å². The van der Waals surface area contributed by atoms with Gasteiger partial charge in [0.25, 0.3) is 5.91 Å². The molecule has 1 aromatic carbocycles. The molecule has 3 heterocycles. The number of amides is 1. The van der Waals surface area contributed by atoms with Crippen molar-refractivity contribution in [3.05, 3.63) is 42.1 Å². The summed E-state index contributed by atoms with van der Waals surface area (Å²) in [5.41, 5.74) is 2.36. The number of rotatable bonds is 5. The Bertz CT molecular complexity index is 1030. The molecule has 3 aromatic rings. The molecule has 0 radical (unpaired) electrons. The lowest BCUT2D eigenvalue weighted by atomic mass is 9.93. The maximum atomic E-state index is 12.7. The zero-order chi connectivity index (χ0) is 20.5. The van der Waals surface area contributed by atoms with Crippen LogP contribution in [0.4, 0.5) is 17.5 Å². The number of fused-ring (bicyclic) bond motifs is 1. The van der Waals surface area contributed by atoms with Gasteiger partial charge in [0.05, 0.1) is 5.39 Å². The van der Waals surface area contributed by atoms with Crippen LogP contribution in [0.3, 0.4) is 0 Å². The van der Waals surface area contributed by atoms with Crippen LogP contribution in [0.5, 0.6) is 0 Å². The van der Waals surface area contributed by atoms with Crippen LogP contribution in [0.15, 0.2) is 36.5 Å². The molecule has 1 aliphatic heterocycles. The lowest BCUT2D eigenvalue weighted by Crippen LogP contribution is -2.47. The van der Waals surface area contributed by atoms with Crippen LogP contribution < -0.4 is 10.6 Å². The summed E-state index contributed by atoms with van der Waals surface area (Å²) in [5, 5.41) is 7.81. The van der Waals surface area contributed by atoms with Gasteiger partial charge in [0.2, 0.25) is 5.95 Å². The number of hydrogen-bond donors (Lipinski definition) is 3. The Morgan fingerprint density at radius 1 is 1.07 bits per heavy atom. The van der Waals surface area contributed by atoms with Crippen molar-refractivity contribution < 1.29 is 4.79 Å². The Balaban J connectivity index is 1.31. The lowest BCUT2D eigenvalue weighted by molar-refractivity contribution is 0.0664. The van der Waals surface area contributed by atoms with E-state index >= 15 is 0 Å². The van der Waals surface area contributed by atoms with Gasteiger partial charge in [0.15, 0.2) is 0 Å². The highest BCUT2D eigenvalue weighted by Crippen LogP contribution is 2.28. The highest BCUT2D eigenvalue weighted by molar-refractivity contribution is 5.94. The van der Waals surface area contributed by atoms with Crippen LogP contribution in [-0.2, 0) is 0 Å². The maximum absolute atomic E-state index is 12.7. The summed E-state index contributed by atoms with van der Waals surface area (Å²) in [5.74, 6) is 1.48. The Hall–Kier alpha value is -3.13. The first-order chi connectivity index (χ1) is 14.7. The lowest BCUT2D eigenvalue weighted by Gasteiger charge is -2.32. The molecule has 0 bridgehead atoms. The molecule has 8 heteroatoms. The fraction of sp³-hybridized carbons (Fsp3) is 0.409. The first kappa shape index (κ1) is 18.9. The average Bonchev–Trinajstić information content (AvgIpc) is 3.20. The molecular weight excluding hydrogens is 378 g/mol. The van der Waals surface area contributed by atoms with Gasteiger partial charge in [-0.1, -0.05) is 0 Å². The predicted molar refractivity (Wildman–Crippen MR) is 118 cm³/mol. The monoisotopic (exact) mass is 405 g/mol. The maximum Gasteiger partial charge on any atom is 0.253 e. The van der Waals surface area contributed by atoms with E-state index in [4.69, 9.17) is 4.98 Å². The second-order valence-electron chi connectivity index (χ2n) is 8.21. The van der Waals surface area contributed by atoms with E-state index < -0.39 is 0 Å². The van der Waals surface area contributed by atoms with Gasteiger partial charge in [-0.15, -0.1) is 0 Å². The van der Waals surface area contributed by atoms with Gasteiger partial charge in [0, 0.05) is 49.7 Å². The van der Waals surface area contributed by atoms with E-state index in [0.29, 0.717) is 17.6 Å². The molecule has 30 heavy (non-hydrogen) atoms. The number of carbonyl (C=O) groups excluding carboxylic acids is 1. The molecule has 1 saturated carbocycles. The standard InChI is InChI=1S/C22H27N7O/c1-28-11-13-29(14-12-28)21(30)15-5-7-17(8-6-15)25-22-26-19-18(9-10-23-19)20(27-22)24-16-3-2-4-16/h5-10,16H,2-4,11-14H2,1H3,(H3,23,24,25,26,27). The Labute approximate surface area is 175 Å². The molecule has 156 valence electrons. The molecule has 1 amide bonds. The number of benzene rings is 1. The smallest absolute Gasteiger partial charge is 0.253 e. The number of piperazine rings is 1. The Morgan fingerprint density at radius 3 is 2.53 bits per heavy atom. The summed E-state index contributed by atoms with van der Waals surface area (Å²) in [6.45, 7) is 3.38. The van der Waals surface area contributed by atoms with Crippen LogP contribution in [0.1, 0.15) is 29.6 Å². The molecule has 0 spiro atoms. The molecule has 0 atom stereocenters. The van der Waals surface area contributed by atoms with Crippen molar-refractivity contribution in [1.29, 1.82) is 0 Å². The Morgan fingerprint density at radius 2 is 1.83 bits per heavy atom. The third-order valence-corrected chi connectivity index (χ3v) is 6.04. The summed E-state index contributed by atoms with van der Waals surface area (Å²) in [6, 6.07) is 10.0. The molecule has 2 aliphatic rings. The predicted octanol–water partition coefficient (Wildman–Crippen LogP) is 3.05. The third kappa shape index (κ3) is 3.82. The first-order valence-electron chi connectivity index (χ1n) is 10.6. The van der Waals surface area contributed by atoms with E-state index in [-0.39, 0.29) is 5.91 Å². The summed E-state index contributed by atoms with van der Waals surface area (Å²) in [7, 11) is 2.09. The van der Waals surface area contributed by atoms with Crippen molar-refractivity contribution in [2.24, 2.45) is 0 Å². The fourth-order valence-electron chi connectivity index (χ4n) is 3.87. The third-order valence-electron chi connectivity index (χ3n) is 6.04. The molecular formula is C22H27N7O. The molecule has 0 unspecified atom stereocenters. The number of anilines is 3. The number of carbonyl (C=O) groups is 1. The van der Waals surface area contributed by atoms with E-state index in [1.165, 1.54) is 19.3 Å². The molecule has 2 aromatic heterocycles. The van der Waals surface area contributed by atoms with Gasteiger partial charge in [-0.05, 0) is 56.6 Å². The number of H-pyrrole nitrogens is 1. The van der Waals surface area contributed by atoms with E-state index in [1.54, 1.807) is 0 Å². The van der Waals surface area contributed by atoms with Gasteiger partial charge in [0.1, 0.15) is 11.5 Å². The number of likely N-dealkylation sites (N-methyl/N-ethyl adjacent to an activating group) is 1. The van der Waals surface area contributed by atoms with E-state index in [9.17, 15) is 4.79 Å². The topological polar surface area (TPSA) is 89.2 Å². The van der Waals surface area contributed by atoms with Crippen LogP contribution in [0.25, 0.3) is 11.0 Å². The van der Waals surface area contributed by atoms with Crippen molar-refractivity contribution in [3.63, 3.8) is 0 Å². The van der Waals surface area contributed by atoms with Crippen molar-refractivity contribution in [3.8, 4) is 0 Å². The van der Waals surface area contributed by atoms with Crippen LogP contribution in [-0.4, -0.2) is 69.9 Å². The van der Waals surface area contributed by atoms with E-state index in [0.717, 1.165) is 48.7 Å². The molecule has 5 rings (SSSR count). The van der Waals surface area contributed by atoms with Gasteiger partial charge in [-0.3, -0.25) is 4.79 Å². The van der Waals surface area contributed by atoms with Crippen molar-refractivity contribution in [2.45, 2.75) is 25.3 Å². The summed E-state index contributed by atoms with van der Waals surface area (Å²) in [6.07, 6.45) is 5.51. The SMILES string of the molecule is CN1CCN(C(=O)c2ccc(Nc3nc(NC4CCC4)c4cc[nH]c4n3)cc2)CC1. The van der Waals surface area contributed by atoms with Crippen LogP contribution >= 0.6 is 0 Å². The second-order valence-corrected chi connectivity index (χ2v) is 8.21. The summed E-state index contributed by atoms with van der Waals surface area (Å²) >= 11 is 0. The summed E-state index contributed by atoms with van der Waals surface area (Å²) < 4.78 is 0. The highest BCUT2D eigenvalue weighted by Gasteiger charge is 2.21. The minimum absolute atomic E-state index is 0.0886. The van der Waals surface area contributed by atoms with Crippen LogP contribution in [0.2, 0.25) is 0 Å². The van der Waals surface area contributed by atoms with Crippen molar-refractivity contribution in [1.82, 2.24) is 24.8 Å². The van der Waals surface area contributed by atoms with Crippen molar-refractivity contribution >= 4 is 34.4 Å². The van der Waals surface area contributed by atoms with E-state index in [2.05, 4.69) is 32.5 Å². The zero-order valence-electron chi connectivity index (χ0n) is 17.2. The van der Waals surface area contributed by atoms with E-state index in [1.807, 2.05) is 41.4 Å². The number of nitrogens with zero attached hydrogens (tertiary/aromatic N) is 4. The molecule has 8 nitrogen and oxygen atoms in total. The normalized spacial score (nSPS) is 17.7. The number of hydrogen-bond acceptors (Lipinski definition) is 6. The minimum atomic E-state index is 0.0886. The van der Waals surface area contributed by atoms with Gasteiger partial charge in [-0.2, -0.15) is 9.97 Å². The minimum Gasteiger partial charge on any atom is -0.367 e. The number of aromatic amines is 1. The second kappa shape index (κ2) is 7.95. The van der Waals surface area contributed by atoms with Gasteiger partial charge >= 0.3 is 0 Å². The van der Waals surface area contributed by atoms with Crippen LogP contribution in [0, 0.1) is 0 Å². The molecule has 2 fully saturated rings. The molecule has 1 aliphatic carbocycles. The molecule has 3 N–H and O–H groups in total. The number of nitrogens with one attached hydrogen (secondary N) is 3. The zero-order valence-corrected chi connectivity index (χ0v) is 17.2. The fourth-order valence-corrected chi connectivity index (χ4v) is 3.87. The largest absolute Gasteiger partial charge is 0.367 e. The molecule has 1 saturated heterocycles. The first-order valence-corrected chi connectivity index (χ1v) is 10.6.